The number of nitrogens with zero attached hydrogens (tertiary/aromatic N) is 3. The lowest BCUT2D eigenvalue weighted by Crippen LogP contribution is -2.57. The van der Waals surface area contributed by atoms with Crippen LogP contribution in [-0.4, -0.2) is 44.6 Å². The molecule has 114 valence electrons. The summed E-state index contributed by atoms with van der Waals surface area (Å²) in [6.45, 7) is 5.06. The van der Waals surface area contributed by atoms with Crippen molar-refractivity contribution >= 4 is 11.8 Å². The lowest BCUT2D eigenvalue weighted by molar-refractivity contribution is -0.140. The molecule has 2 heterocycles. The van der Waals surface area contributed by atoms with Gasteiger partial charge in [-0.25, -0.2) is 0 Å². The Kier molecular flexibility index (Phi) is 3.47. The van der Waals surface area contributed by atoms with Crippen molar-refractivity contribution in [2.24, 2.45) is 5.92 Å². The van der Waals surface area contributed by atoms with Gasteiger partial charge in [0.2, 0.25) is 11.8 Å². The van der Waals surface area contributed by atoms with Gasteiger partial charge in [-0.3, -0.25) is 14.3 Å². The standard InChI is InChI=1S/C15H22N4O2/c1-11-10-13(20)17-15(2,12-4-5-12)14(21)19(11)9-8-18-7-3-6-16-18/h3,6-7,11-12H,4-5,8-10H2,1-2H3,(H,17,20). The molecule has 1 aliphatic heterocycles. The number of hydrogen-bond acceptors (Lipinski definition) is 3. The van der Waals surface area contributed by atoms with E-state index in [-0.39, 0.29) is 23.8 Å². The van der Waals surface area contributed by atoms with Gasteiger partial charge in [0, 0.05) is 31.4 Å². The summed E-state index contributed by atoms with van der Waals surface area (Å²) in [5, 5.41) is 7.14. The van der Waals surface area contributed by atoms with E-state index in [4.69, 9.17) is 0 Å². The average Bonchev–Trinajstić information content (AvgIpc) is 3.17. The maximum absolute atomic E-state index is 12.9. The molecular weight excluding hydrogens is 268 g/mol. The molecule has 3 rings (SSSR count). The molecule has 0 aromatic carbocycles. The summed E-state index contributed by atoms with van der Waals surface area (Å²) in [5.41, 5.74) is -0.730. The van der Waals surface area contributed by atoms with Gasteiger partial charge in [-0.2, -0.15) is 5.10 Å². The summed E-state index contributed by atoms with van der Waals surface area (Å²) >= 11 is 0. The summed E-state index contributed by atoms with van der Waals surface area (Å²) in [6.07, 6.45) is 6.02. The molecule has 6 heteroatoms. The SMILES string of the molecule is CC1CC(=O)NC(C)(C2CC2)C(=O)N1CCn1cccn1. The van der Waals surface area contributed by atoms with Crippen LogP contribution in [0.15, 0.2) is 18.5 Å². The Labute approximate surface area is 124 Å². The van der Waals surface area contributed by atoms with Gasteiger partial charge in [0.25, 0.3) is 0 Å². The summed E-state index contributed by atoms with van der Waals surface area (Å²) in [5.74, 6) is 0.314. The highest BCUT2D eigenvalue weighted by molar-refractivity contribution is 5.94. The molecule has 2 aliphatic rings. The molecule has 1 N–H and O–H groups in total. The zero-order valence-electron chi connectivity index (χ0n) is 12.6. The first-order valence-electron chi connectivity index (χ1n) is 7.60. The highest BCUT2D eigenvalue weighted by atomic mass is 16.2. The van der Waals surface area contributed by atoms with E-state index >= 15 is 0 Å². The average molecular weight is 290 g/mol. The molecule has 1 saturated heterocycles. The molecule has 0 spiro atoms. The van der Waals surface area contributed by atoms with Gasteiger partial charge in [0.05, 0.1) is 6.54 Å². The van der Waals surface area contributed by atoms with Gasteiger partial charge in [0.15, 0.2) is 0 Å². The van der Waals surface area contributed by atoms with Crippen molar-refractivity contribution in [1.82, 2.24) is 20.0 Å². The van der Waals surface area contributed by atoms with Crippen LogP contribution >= 0.6 is 0 Å². The summed E-state index contributed by atoms with van der Waals surface area (Å²) in [6, 6.07) is 1.79. The number of carbonyl (C=O) groups excluding carboxylic acids is 2. The predicted octanol–water partition coefficient (Wildman–Crippen LogP) is 0.789. The zero-order chi connectivity index (χ0) is 15.0. The van der Waals surface area contributed by atoms with Crippen LogP contribution in [0.5, 0.6) is 0 Å². The molecule has 6 nitrogen and oxygen atoms in total. The zero-order valence-corrected chi connectivity index (χ0v) is 12.6. The molecule has 1 saturated carbocycles. The second-order valence-corrected chi connectivity index (χ2v) is 6.35. The lowest BCUT2D eigenvalue weighted by atomic mass is 9.94. The number of rotatable bonds is 4. The third-order valence-electron chi connectivity index (χ3n) is 4.64. The molecular formula is C15H22N4O2. The van der Waals surface area contributed by atoms with E-state index in [1.54, 1.807) is 6.20 Å². The van der Waals surface area contributed by atoms with Crippen molar-refractivity contribution < 1.29 is 9.59 Å². The predicted molar refractivity (Wildman–Crippen MR) is 77.3 cm³/mol. The number of hydrogen-bond donors (Lipinski definition) is 1. The van der Waals surface area contributed by atoms with Crippen LogP contribution in [0.2, 0.25) is 0 Å². The Morgan fingerprint density at radius 2 is 2.14 bits per heavy atom. The first-order chi connectivity index (χ1) is 10.0. The minimum Gasteiger partial charge on any atom is -0.342 e. The van der Waals surface area contributed by atoms with Crippen LogP contribution in [0.3, 0.4) is 0 Å². The molecule has 0 radical (unpaired) electrons. The third kappa shape index (κ3) is 2.66. The molecule has 2 amide bonds. The molecule has 1 aliphatic carbocycles. The van der Waals surface area contributed by atoms with Crippen LogP contribution in [-0.2, 0) is 16.1 Å². The molecule has 1 aromatic heterocycles. The molecule has 21 heavy (non-hydrogen) atoms. The molecule has 1 aromatic rings. The van der Waals surface area contributed by atoms with E-state index in [9.17, 15) is 9.59 Å². The fraction of sp³-hybridized carbons (Fsp3) is 0.667. The quantitative estimate of drug-likeness (QED) is 0.891. The molecule has 0 bridgehead atoms. The van der Waals surface area contributed by atoms with Crippen LogP contribution in [0.25, 0.3) is 0 Å². The van der Waals surface area contributed by atoms with Gasteiger partial charge in [0.1, 0.15) is 5.54 Å². The Bertz CT molecular complexity index is 538. The van der Waals surface area contributed by atoms with Crippen LogP contribution in [0, 0.1) is 5.92 Å². The largest absolute Gasteiger partial charge is 0.342 e. The number of amides is 2. The number of carbonyl (C=O) groups is 2. The maximum Gasteiger partial charge on any atom is 0.248 e. The normalized spacial score (nSPS) is 30.2. The van der Waals surface area contributed by atoms with Crippen molar-refractivity contribution in [1.29, 1.82) is 0 Å². The number of nitrogens with one attached hydrogen (secondary N) is 1. The van der Waals surface area contributed by atoms with Gasteiger partial charge in [-0.1, -0.05) is 0 Å². The van der Waals surface area contributed by atoms with E-state index in [0.717, 1.165) is 12.8 Å². The van der Waals surface area contributed by atoms with Crippen molar-refractivity contribution in [2.45, 2.75) is 51.2 Å². The maximum atomic E-state index is 12.9. The van der Waals surface area contributed by atoms with Gasteiger partial charge < -0.3 is 10.2 Å². The monoisotopic (exact) mass is 290 g/mol. The first-order valence-corrected chi connectivity index (χ1v) is 7.60. The van der Waals surface area contributed by atoms with Gasteiger partial charge in [-0.15, -0.1) is 0 Å². The van der Waals surface area contributed by atoms with E-state index < -0.39 is 5.54 Å². The Hall–Kier alpha value is -1.85. The van der Waals surface area contributed by atoms with Gasteiger partial charge >= 0.3 is 0 Å². The second-order valence-electron chi connectivity index (χ2n) is 6.35. The van der Waals surface area contributed by atoms with E-state index in [1.165, 1.54) is 0 Å². The lowest BCUT2D eigenvalue weighted by Gasteiger charge is -2.34. The minimum atomic E-state index is -0.730. The van der Waals surface area contributed by atoms with Crippen molar-refractivity contribution in [2.75, 3.05) is 6.54 Å². The van der Waals surface area contributed by atoms with Crippen LogP contribution in [0.1, 0.15) is 33.1 Å². The van der Waals surface area contributed by atoms with Crippen LogP contribution in [0.4, 0.5) is 0 Å². The summed E-state index contributed by atoms with van der Waals surface area (Å²) in [7, 11) is 0. The Balaban J connectivity index is 1.78. The minimum absolute atomic E-state index is 0.0214. The Morgan fingerprint density at radius 3 is 2.76 bits per heavy atom. The van der Waals surface area contributed by atoms with Gasteiger partial charge in [-0.05, 0) is 38.7 Å². The molecule has 2 fully saturated rings. The van der Waals surface area contributed by atoms with E-state index in [0.29, 0.717) is 19.5 Å². The first kappa shape index (κ1) is 14.1. The third-order valence-corrected chi connectivity index (χ3v) is 4.64. The fourth-order valence-corrected chi connectivity index (χ4v) is 3.17. The smallest absolute Gasteiger partial charge is 0.248 e. The van der Waals surface area contributed by atoms with Crippen LogP contribution < -0.4 is 5.32 Å². The Morgan fingerprint density at radius 1 is 1.38 bits per heavy atom. The van der Waals surface area contributed by atoms with E-state index in [1.807, 2.05) is 35.7 Å². The second kappa shape index (κ2) is 5.16. The van der Waals surface area contributed by atoms with E-state index in [2.05, 4.69) is 10.4 Å². The molecule has 2 unspecified atom stereocenters. The highest BCUT2D eigenvalue weighted by Gasteiger charge is 2.52. The number of aromatic nitrogens is 2. The summed E-state index contributed by atoms with van der Waals surface area (Å²) in [4.78, 5) is 26.8. The fourth-order valence-electron chi connectivity index (χ4n) is 3.17. The van der Waals surface area contributed by atoms with Crippen molar-refractivity contribution in [3.8, 4) is 0 Å². The summed E-state index contributed by atoms with van der Waals surface area (Å²) < 4.78 is 1.81. The highest BCUT2D eigenvalue weighted by Crippen LogP contribution is 2.41. The topological polar surface area (TPSA) is 67.2 Å². The van der Waals surface area contributed by atoms with Crippen molar-refractivity contribution in [3.63, 3.8) is 0 Å². The van der Waals surface area contributed by atoms with Crippen molar-refractivity contribution in [3.05, 3.63) is 18.5 Å². The molecule has 2 atom stereocenters.